The number of anilines is 1. The Kier molecular flexibility index (Phi) is 9.53. The molecule has 0 unspecified atom stereocenters. The zero-order valence-electron chi connectivity index (χ0n) is 17.4. The summed E-state index contributed by atoms with van der Waals surface area (Å²) in [7, 11) is 4.16. The van der Waals surface area contributed by atoms with E-state index in [4.69, 9.17) is 14.5 Å². The van der Waals surface area contributed by atoms with Gasteiger partial charge in [-0.3, -0.25) is 0 Å². The predicted molar refractivity (Wildman–Crippen MR) is 130 cm³/mol. The predicted octanol–water partition coefficient (Wildman–Crippen LogP) is 4.11. The highest BCUT2D eigenvalue weighted by molar-refractivity contribution is 14.0. The minimum Gasteiger partial charge on any atom is -0.490 e. The van der Waals surface area contributed by atoms with Crippen LogP contribution in [0.4, 0.5) is 5.69 Å². The largest absolute Gasteiger partial charge is 0.490 e. The fourth-order valence-corrected chi connectivity index (χ4v) is 3.06. The summed E-state index contributed by atoms with van der Waals surface area (Å²) in [6, 6.07) is 14.3. The van der Waals surface area contributed by atoms with E-state index in [9.17, 15) is 0 Å². The average molecular weight is 510 g/mol. The molecule has 2 aromatic rings. The smallest absolute Gasteiger partial charge is 0.196 e. The highest BCUT2D eigenvalue weighted by Crippen LogP contribution is 2.32. The Bertz CT molecular complexity index is 811. The fourth-order valence-electron chi connectivity index (χ4n) is 3.06. The van der Waals surface area contributed by atoms with E-state index in [2.05, 4.69) is 60.8 Å². The Morgan fingerprint density at radius 3 is 2.48 bits per heavy atom. The third kappa shape index (κ3) is 7.08. The standard InChI is InChI=1S/C22H30N4O2.HI/c1-4-23-22(24-15-17-8-5-6-9-18(17)16-26(2)3)25-19-10-11-20-21(14-19)28-13-7-12-27-20;/h5-6,8-11,14H,4,7,12-13,15-16H2,1-3H3,(H2,23,24,25);1H. The summed E-state index contributed by atoms with van der Waals surface area (Å²) < 4.78 is 11.5. The van der Waals surface area contributed by atoms with Gasteiger partial charge < -0.3 is 25.0 Å². The normalized spacial score (nSPS) is 13.4. The molecule has 2 aromatic carbocycles. The SMILES string of the molecule is CCNC(=NCc1ccccc1CN(C)C)Nc1ccc2c(c1)OCCCO2.I. The molecule has 0 amide bonds. The molecule has 0 spiro atoms. The first kappa shape index (κ1) is 23.3. The lowest BCUT2D eigenvalue weighted by Gasteiger charge is -2.15. The Balaban J connectivity index is 0.00000300. The summed E-state index contributed by atoms with van der Waals surface area (Å²) in [6.07, 6.45) is 0.897. The van der Waals surface area contributed by atoms with Crippen molar-refractivity contribution in [3.05, 3.63) is 53.6 Å². The van der Waals surface area contributed by atoms with Crippen LogP contribution >= 0.6 is 24.0 Å². The molecule has 158 valence electrons. The van der Waals surface area contributed by atoms with Crippen LogP contribution in [0.5, 0.6) is 11.5 Å². The van der Waals surface area contributed by atoms with Crippen molar-refractivity contribution in [2.45, 2.75) is 26.4 Å². The molecule has 0 saturated heterocycles. The number of ether oxygens (including phenoxy) is 2. The molecule has 0 saturated carbocycles. The molecular weight excluding hydrogens is 479 g/mol. The second kappa shape index (κ2) is 11.9. The van der Waals surface area contributed by atoms with Crippen molar-refractivity contribution in [1.29, 1.82) is 0 Å². The molecule has 1 aliphatic rings. The summed E-state index contributed by atoms with van der Waals surface area (Å²) in [4.78, 5) is 6.95. The van der Waals surface area contributed by atoms with Gasteiger partial charge in [-0.05, 0) is 44.3 Å². The molecule has 0 aliphatic carbocycles. The van der Waals surface area contributed by atoms with Gasteiger partial charge in [-0.25, -0.2) is 4.99 Å². The molecular formula is C22H31IN4O2. The number of rotatable bonds is 6. The quantitative estimate of drug-likeness (QED) is 0.348. The summed E-state index contributed by atoms with van der Waals surface area (Å²) in [5, 5.41) is 6.68. The number of hydrogen-bond donors (Lipinski definition) is 2. The molecule has 0 bridgehead atoms. The Morgan fingerprint density at radius 2 is 1.76 bits per heavy atom. The van der Waals surface area contributed by atoms with Gasteiger partial charge >= 0.3 is 0 Å². The highest BCUT2D eigenvalue weighted by Gasteiger charge is 2.11. The second-order valence-electron chi connectivity index (χ2n) is 7.04. The topological polar surface area (TPSA) is 58.1 Å². The molecule has 6 nitrogen and oxygen atoms in total. The monoisotopic (exact) mass is 510 g/mol. The van der Waals surface area contributed by atoms with E-state index < -0.39 is 0 Å². The van der Waals surface area contributed by atoms with Gasteiger partial charge in [0.05, 0.1) is 19.8 Å². The molecule has 0 aromatic heterocycles. The van der Waals surface area contributed by atoms with Crippen LogP contribution in [0.25, 0.3) is 0 Å². The van der Waals surface area contributed by atoms with Crippen molar-refractivity contribution >= 4 is 35.6 Å². The van der Waals surface area contributed by atoms with E-state index in [-0.39, 0.29) is 24.0 Å². The van der Waals surface area contributed by atoms with Gasteiger partial charge in [-0.2, -0.15) is 0 Å². The minimum absolute atomic E-state index is 0. The van der Waals surface area contributed by atoms with Crippen LogP contribution in [0.15, 0.2) is 47.5 Å². The van der Waals surface area contributed by atoms with Gasteiger partial charge in [0.25, 0.3) is 0 Å². The molecule has 1 aliphatic heterocycles. The van der Waals surface area contributed by atoms with E-state index in [0.717, 1.165) is 42.7 Å². The van der Waals surface area contributed by atoms with E-state index in [0.29, 0.717) is 19.8 Å². The van der Waals surface area contributed by atoms with Crippen LogP contribution in [0.3, 0.4) is 0 Å². The van der Waals surface area contributed by atoms with E-state index in [1.54, 1.807) is 0 Å². The van der Waals surface area contributed by atoms with Crippen LogP contribution in [0, 0.1) is 0 Å². The van der Waals surface area contributed by atoms with Gasteiger partial charge in [0.1, 0.15) is 0 Å². The van der Waals surface area contributed by atoms with Crippen LogP contribution in [0.2, 0.25) is 0 Å². The third-order valence-electron chi connectivity index (χ3n) is 4.37. The minimum atomic E-state index is 0. The Morgan fingerprint density at radius 1 is 1.03 bits per heavy atom. The summed E-state index contributed by atoms with van der Waals surface area (Å²) in [5.74, 6) is 2.31. The number of nitrogens with zero attached hydrogens (tertiary/aromatic N) is 2. The lowest BCUT2D eigenvalue weighted by atomic mass is 10.1. The van der Waals surface area contributed by atoms with E-state index in [1.807, 2.05) is 18.2 Å². The Hall–Kier alpha value is -2.00. The van der Waals surface area contributed by atoms with Crippen molar-refractivity contribution < 1.29 is 9.47 Å². The number of halogens is 1. The van der Waals surface area contributed by atoms with Crippen molar-refractivity contribution in [1.82, 2.24) is 10.2 Å². The molecule has 2 N–H and O–H groups in total. The molecule has 0 atom stereocenters. The highest BCUT2D eigenvalue weighted by atomic mass is 127. The van der Waals surface area contributed by atoms with Gasteiger partial charge in [-0.1, -0.05) is 24.3 Å². The maximum atomic E-state index is 5.78. The molecule has 0 fully saturated rings. The summed E-state index contributed by atoms with van der Waals surface area (Å²) in [5.41, 5.74) is 3.44. The zero-order chi connectivity index (χ0) is 19.8. The number of guanidine groups is 1. The van der Waals surface area contributed by atoms with Crippen molar-refractivity contribution in [2.75, 3.05) is 39.2 Å². The van der Waals surface area contributed by atoms with E-state index in [1.165, 1.54) is 11.1 Å². The molecule has 7 heteroatoms. The number of aliphatic imine (C=N–C) groups is 1. The molecule has 3 rings (SSSR count). The molecule has 0 radical (unpaired) electrons. The number of hydrogen-bond acceptors (Lipinski definition) is 4. The lowest BCUT2D eigenvalue weighted by molar-refractivity contribution is 0.297. The first-order valence-corrected chi connectivity index (χ1v) is 9.82. The van der Waals surface area contributed by atoms with Gasteiger partial charge in [0.15, 0.2) is 17.5 Å². The molecule has 29 heavy (non-hydrogen) atoms. The summed E-state index contributed by atoms with van der Waals surface area (Å²) in [6.45, 7) is 5.73. The summed E-state index contributed by atoms with van der Waals surface area (Å²) >= 11 is 0. The lowest BCUT2D eigenvalue weighted by Crippen LogP contribution is -2.30. The van der Waals surface area contributed by atoms with Crippen LogP contribution in [-0.2, 0) is 13.1 Å². The van der Waals surface area contributed by atoms with Crippen molar-refractivity contribution in [3.8, 4) is 11.5 Å². The van der Waals surface area contributed by atoms with Crippen LogP contribution < -0.4 is 20.1 Å². The number of fused-ring (bicyclic) bond motifs is 1. The van der Waals surface area contributed by atoms with Gasteiger partial charge in [0, 0.05) is 31.3 Å². The van der Waals surface area contributed by atoms with Gasteiger partial charge in [-0.15, -0.1) is 24.0 Å². The van der Waals surface area contributed by atoms with Crippen molar-refractivity contribution in [2.24, 2.45) is 4.99 Å². The maximum Gasteiger partial charge on any atom is 0.196 e. The zero-order valence-corrected chi connectivity index (χ0v) is 19.7. The van der Waals surface area contributed by atoms with Crippen LogP contribution in [0.1, 0.15) is 24.5 Å². The first-order chi connectivity index (χ1) is 13.7. The molecule has 1 heterocycles. The van der Waals surface area contributed by atoms with Gasteiger partial charge in [0.2, 0.25) is 0 Å². The van der Waals surface area contributed by atoms with Crippen molar-refractivity contribution in [3.63, 3.8) is 0 Å². The Labute approximate surface area is 190 Å². The number of nitrogens with one attached hydrogen (secondary N) is 2. The fraction of sp³-hybridized carbons (Fsp3) is 0.409. The van der Waals surface area contributed by atoms with Crippen LogP contribution in [-0.4, -0.2) is 44.7 Å². The second-order valence-corrected chi connectivity index (χ2v) is 7.04. The third-order valence-corrected chi connectivity index (χ3v) is 4.37. The number of benzene rings is 2. The van der Waals surface area contributed by atoms with E-state index >= 15 is 0 Å². The maximum absolute atomic E-state index is 5.78. The average Bonchev–Trinajstić information content (AvgIpc) is 2.92. The first-order valence-electron chi connectivity index (χ1n) is 9.82.